The molecule has 1 nitrogen and oxygen atoms in total. The molecule has 1 rings (SSSR count). The molecule has 0 fully saturated rings. The Morgan fingerprint density at radius 3 is 2.75 bits per heavy atom. The molecule has 0 heterocycles. The van der Waals surface area contributed by atoms with Gasteiger partial charge in [-0.05, 0) is 24.6 Å². The molecule has 0 spiro atoms. The van der Waals surface area contributed by atoms with E-state index in [0.29, 0.717) is 10.6 Å². The first-order chi connectivity index (χ1) is 5.65. The van der Waals surface area contributed by atoms with Crippen molar-refractivity contribution in [2.24, 2.45) is 0 Å². The lowest BCUT2D eigenvalue weighted by Crippen LogP contribution is -1.94. The number of hydrogen-bond acceptors (Lipinski definition) is 1. The molecule has 0 aliphatic carbocycles. The summed E-state index contributed by atoms with van der Waals surface area (Å²) in [7, 11) is 0. The number of ether oxygens (including phenoxy) is 1. The molecule has 0 aromatic heterocycles. The third-order valence-corrected chi connectivity index (χ3v) is 1.83. The van der Waals surface area contributed by atoms with Crippen molar-refractivity contribution in [1.29, 1.82) is 0 Å². The predicted molar refractivity (Wildman–Crippen MR) is 42.8 cm³/mol. The van der Waals surface area contributed by atoms with Gasteiger partial charge in [0.25, 0.3) is 0 Å². The van der Waals surface area contributed by atoms with Gasteiger partial charge in [0.1, 0.15) is 0 Å². The second-order valence-corrected chi connectivity index (χ2v) is 2.69. The van der Waals surface area contributed by atoms with E-state index in [1.807, 2.05) is 0 Å². The van der Waals surface area contributed by atoms with Crippen molar-refractivity contribution in [2.75, 3.05) is 6.86 Å². The van der Waals surface area contributed by atoms with E-state index in [-0.39, 0.29) is 5.75 Å². The highest BCUT2D eigenvalue weighted by molar-refractivity contribution is 6.31. The van der Waals surface area contributed by atoms with Gasteiger partial charge in [-0.2, -0.15) is 0 Å². The van der Waals surface area contributed by atoms with Gasteiger partial charge in [0.2, 0.25) is 6.86 Å². The maximum absolute atomic E-state index is 12.8. The Morgan fingerprint density at radius 2 is 2.17 bits per heavy atom. The molecular formula is C8H7ClF2O. The number of aryl methyl sites for hydroxylation is 1. The predicted octanol–water partition coefficient (Wildman–Crippen LogP) is 3.09. The molecule has 4 heteroatoms. The van der Waals surface area contributed by atoms with Crippen LogP contribution in [0.4, 0.5) is 8.78 Å². The summed E-state index contributed by atoms with van der Waals surface area (Å²) < 4.78 is 28.9. The van der Waals surface area contributed by atoms with Crippen molar-refractivity contribution in [3.05, 3.63) is 28.5 Å². The average molecular weight is 193 g/mol. The van der Waals surface area contributed by atoms with Gasteiger partial charge in [0.15, 0.2) is 11.6 Å². The van der Waals surface area contributed by atoms with Crippen molar-refractivity contribution < 1.29 is 13.5 Å². The number of hydrogen-bond donors (Lipinski definition) is 0. The first-order valence-electron chi connectivity index (χ1n) is 3.29. The number of halogens is 3. The highest BCUT2D eigenvalue weighted by Crippen LogP contribution is 2.25. The lowest BCUT2D eigenvalue weighted by molar-refractivity contribution is 0.184. The highest BCUT2D eigenvalue weighted by atomic mass is 35.5. The fourth-order valence-electron chi connectivity index (χ4n) is 0.800. The summed E-state index contributed by atoms with van der Waals surface area (Å²) in [5, 5.41) is 0.304. The van der Waals surface area contributed by atoms with Crippen LogP contribution < -0.4 is 4.74 Å². The van der Waals surface area contributed by atoms with Gasteiger partial charge >= 0.3 is 0 Å². The zero-order chi connectivity index (χ0) is 9.14. The minimum Gasteiger partial charge on any atom is -0.460 e. The fraction of sp³-hybridized carbons (Fsp3) is 0.250. The van der Waals surface area contributed by atoms with Gasteiger partial charge < -0.3 is 4.74 Å². The normalized spacial score (nSPS) is 10.0. The minimum atomic E-state index is -1.04. The Balaban J connectivity index is 3.05. The van der Waals surface area contributed by atoms with Gasteiger partial charge in [0, 0.05) is 5.02 Å². The molecule has 0 unspecified atom stereocenters. The average Bonchev–Trinajstić information content (AvgIpc) is 2.01. The maximum Gasteiger partial charge on any atom is 0.228 e. The van der Waals surface area contributed by atoms with Crippen LogP contribution in [0, 0.1) is 12.7 Å². The van der Waals surface area contributed by atoms with Crippen LogP contribution in [0.2, 0.25) is 5.02 Å². The number of rotatable bonds is 2. The van der Waals surface area contributed by atoms with Crippen molar-refractivity contribution in [3.63, 3.8) is 0 Å². The van der Waals surface area contributed by atoms with Crippen molar-refractivity contribution in [2.45, 2.75) is 6.92 Å². The summed E-state index contributed by atoms with van der Waals surface area (Å²) in [6.07, 6.45) is 0. The number of benzene rings is 1. The van der Waals surface area contributed by atoms with Crippen molar-refractivity contribution in [3.8, 4) is 5.75 Å². The third-order valence-electron chi connectivity index (χ3n) is 1.42. The standard InChI is InChI=1S/C8H7ClF2O/c1-5-2-8(12-4-10)7(11)3-6(5)9/h2-3H,4H2,1H3. The zero-order valence-corrected chi connectivity index (χ0v) is 7.16. The van der Waals surface area contributed by atoms with Crippen LogP contribution >= 0.6 is 11.6 Å². The summed E-state index contributed by atoms with van der Waals surface area (Å²) in [6, 6.07) is 2.46. The van der Waals surface area contributed by atoms with E-state index >= 15 is 0 Å². The second-order valence-electron chi connectivity index (χ2n) is 2.29. The Kier molecular flexibility index (Phi) is 2.87. The lowest BCUT2D eigenvalue weighted by Gasteiger charge is -2.04. The molecule has 0 N–H and O–H groups in total. The molecule has 0 bridgehead atoms. The SMILES string of the molecule is Cc1cc(OCF)c(F)cc1Cl. The van der Waals surface area contributed by atoms with E-state index < -0.39 is 12.7 Å². The second kappa shape index (κ2) is 3.72. The molecule has 12 heavy (non-hydrogen) atoms. The van der Waals surface area contributed by atoms with Crippen LogP contribution in [-0.4, -0.2) is 6.86 Å². The topological polar surface area (TPSA) is 9.23 Å². The van der Waals surface area contributed by atoms with Crippen molar-refractivity contribution in [1.82, 2.24) is 0 Å². The molecule has 0 aliphatic rings. The molecule has 0 radical (unpaired) electrons. The van der Waals surface area contributed by atoms with E-state index in [0.717, 1.165) is 6.07 Å². The molecule has 0 saturated heterocycles. The molecule has 1 aromatic carbocycles. The monoisotopic (exact) mass is 192 g/mol. The van der Waals surface area contributed by atoms with Gasteiger partial charge in [0.05, 0.1) is 0 Å². The van der Waals surface area contributed by atoms with Gasteiger partial charge in [-0.15, -0.1) is 0 Å². The summed E-state index contributed by atoms with van der Waals surface area (Å²) in [5.41, 5.74) is 0.654. The first kappa shape index (κ1) is 9.26. The molecule has 0 atom stereocenters. The largest absolute Gasteiger partial charge is 0.460 e. The van der Waals surface area contributed by atoms with Crippen LogP contribution in [0.15, 0.2) is 12.1 Å². The lowest BCUT2D eigenvalue weighted by atomic mass is 10.2. The molecule has 66 valence electrons. The Hall–Kier alpha value is -0.830. The quantitative estimate of drug-likeness (QED) is 0.700. The minimum absolute atomic E-state index is 0.112. The maximum atomic E-state index is 12.8. The van der Waals surface area contributed by atoms with E-state index in [4.69, 9.17) is 11.6 Å². The van der Waals surface area contributed by atoms with Crippen molar-refractivity contribution >= 4 is 11.6 Å². The number of alkyl halides is 1. The highest BCUT2D eigenvalue weighted by Gasteiger charge is 2.06. The molecule has 0 amide bonds. The van der Waals surface area contributed by atoms with Crippen LogP contribution in [0.1, 0.15) is 5.56 Å². The van der Waals surface area contributed by atoms with Crippen LogP contribution in [-0.2, 0) is 0 Å². The van der Waals surface area contributed by atoms with E-state index in [9.17, 15) is 8.78 Å². The fourth-order valence-corrected chi connectivity index (χ4v) is 0.950. The Bertz CT molecular complexity index is 289. The van der Waals surface area contributed by atoms with Gasteiger partial charge in [-0.25, -0.2) is 8.78 Å². The molecule has 0 aliphatic heterocycles. The van der Waals surface area contributed by atoms with Gasteiger partial charge in [-0.1, -0.05) is 11.6 Å². The third kappa shape index (κ3) is 1.85. The van der Waals surface area contributed by atoms with E-state index in [2.05, 4.69) is 4.74 Å². The summed E-state index contributed by atoms with van der Waals surface area (Å²) in [5.74, 6) is -0.761. The summed E-state index contributed by atoms with van der Waals surface area (Å²) in [6.45, 7) is 0.644. The van der Waals surface area contributed by atoms with E-state index in [1.54, 1.807) is 6.92 Å². The molecule has 1 aromatic rings. The Morgan fingerprint density at radius 1 is 1.50 bits per heavy atom. The Labute approximate surface area is 73.9 Å². The van der Waals surface area contributed by atoms with Crippen LogP contribution in [0.25, 0.3) is 0 Å². The first-order valence-corrected chi connectivity index (χ1v) is 3.67. The van der Waals surface area contributed by atoms with E-state index in [1.165, 1.54) is 6.07 Å². The van der Waals surface area contributed by atoms with Gasteiger partial charge in [-0.3, -0.25) is 0 Å². The smallest absolute Gasteiger partial charge is 0.228 e. The summed E-state index contributed by atoms with van der Waals surface area (Å²) in [4.78, 5) is 0. The van der Waals surface area contributed by atoms with Crippen LogP contribution in [0.5, 0.6) is 5.75 Å². The zero-order valence-electron chi connectivity index (χ0n) is 6.40. The molecule has 0 saturated carbocycles. The molecular weight excluding hydrogens is 186 g/mol. The summed E-state index contributed by atoms with van der Waals surface area (Å²) >= 11 is 5.60. The van der Waals surface area contributed by atoms with Crippen LogP contribution in [0.3, 0.4) is 0 Å².